The maximum absolute atomic E-state index is 5.89. The summed E-state index contributed by atoms with van der Waals surface area (Å²) in [6.45, 7) is 1.94. The lowest BCUT2D eigenvalue weighted by Crippen LogP contribution is -2.19. The van der Waals surface area contributed by atoms with Crippen LogP contribution in [0.2, 0.25) is 0 Å². The Bertz CT molecular complexity index is 378. The molecule has 88 valence electrons. The Morgan fingerprint density at radius 1 is 1.25 bits per heavy atom. The van der Waals surface area contributed by atoms with Crippen LogP contribution in [-0.2, 0) is 0 Å². The number of ether oxygens (including phenoxy) is 2. The normalized spacial score (nSPS) is 19.8. The topological polar surface area (TPSA) is 30.5 Å². The van der Waals surface area contributed by atoms with Gasteiger partial charge in [-0.3, -0.25) is 0 Å². The summed E-state index contributed by atoms with van der Waals surface area (Å²) in [5, 5.41) is 3.27. The fraction of sp³-hybridized carbons (Fsp3) is 0.455. The SMILES string of the molecule is COc1cc(Br)c(OC2CCNC2)cc1Br. The van der Waals surface area contributed by atoms with E-state index in [2.05, 4.69) is 37.2 Å². The van der Waals surface area contributed by atoms with E-state index < -0.39 is 0 Å². The highest BCUT2D eigenvalue weighted by molar-refractivity contribution is 9.11. The van der Waals surface area contributed by atoms with E-state index in [0.29, 0.717) is 0 Å². The van der Waals surface area contributed by atoms with Gasteiger partial charge in [0.1, 0.15) is 17.6 Å². The van der Waals surface area contributed by atoms with Gasteiger partial charge < -0.3 is 14.8 Å². The number of methoxy groups -OCH3 is 1. The third-order valence-electron chi connectivity index (χ3n) is 2.52. The highest BCUT2D eigenvalue weighted by atomic mass is 79.9. The average Bonchev–Trinajstić information content (AvgIpc) is 2.75. The first kappa shape index (κ1) is 12.2. The minimum atomic E-state index is 0.261. The van der Waals surface area contributed by atoms with Crippen molar-refractivity contribution in [3.05, 3.63) is 21.1 Å². The molecule has 5 heteroatoms. The lowest BCUT2D eigenvalue weighted by Gasteiger charge is -2.15. The molecule has 0 aromatic heterocycles. The predicted octanol–water partition coefficient (Wildman–Crippen LogP) is 2.96. The van der Waals surface area contributed by atoms with Crippen LogP contribution in [0.3, 0.4) is 0 Å². The van der Waals surface area contributed by atoms with Gasteiger partial charge in [-0.05, 0) is 57.0 Å². The molecule has 1 atom stereocenters. The average molecular weight is 351 g/mol. The molecule has 16 heavy (non-hydrogen) atoms. The molecule has 0 amide bonds. The van der Waals surface area contributed by atoms with Gasteiger partial charge in [-0.25, -0.2) is 0 Å². The van der Waals surface area contributed by atoms with Crippen LogP contribution in [0.5, 0.6) is 11.5 Å². The van der Waals surface area contributed by atoms with Crippen LogP contribution in [0.1, 0.15) is 6.42 Å². The molecule has 1 unspecified atom stereocenters. The second-order valence-electron chi connectivity index (χ2n) is 3.65. The van der Waals surface area contributed by atoms with E-state index >= 15 is 0 Å². The van der Waals surface area contributed by atoms with Crippen molar-refractivity contribution in [1.29, 1.82) is 0 Å². The van der Waals surface area contributed by atoms with Gasteiger partial charge in [0.2, 0.25) is 0 Å². The number of nitrogens with one attached hydrogen (secondary N) is 1. The van der Waals surface area contributed by atoms with Crippen molar-refractivity contribution in [2.24, 2.45) is 0 Å². The Labute approximate surface area is 112 Å². The Balaban J connectivity index is 2.17. The molecule has 3 nitrogen and oxygen atoms in total. The Morgan fingerprint density at radius 2 is 1.94 bits per heavy atom. The van der Waals surface area contributed by atoms with Crippen molar-refractivity contribution in [2.75, 3.05) is 20.2 Å². The van der Waals surface area contributed by atoms with Crippen LogP contribution in [0.15, 0.2) is 21.1 Å². The second kappa shape index (κ2) is 5.38. The van der Waals surface area contributed by atoms with Crippen molar-refractivity contribution in [3.8, 4) is 11.5 Å². The second-order valence-corrected chi connectivity index (χ2v) is 5.36. The van der Waals surface area contributed by atoms with Crippen molar-refractivity contribution in [3.63, 3.8) is 0 Å². The molecule has 0 radical (unpaired) electrons. The molecule has 0 bridgehead atoms. The number of halogens is 2. The van der Waals surface area contributed by atoms with Gasteiger partial charge >= 0.3 is 0 Å². The summed E-state index contributed by atoms with van der Waals surface area (Å²) in [5.74, 6) is 1.64. The molecule has 2 rings (SSSR count). The summed E-state index contributed by atoms with van der Waals surface area (Å²) in [5.41, 5.74) is 0. The molecule has 0 aliphatic carbocycles. The number of hydrogen-bond acceptors (Lipinski definition) is 3. The van der Waals surface area contributed by atoms with Gasteiger partial charge in [-0.2, -0.15) is 0 Å². The summed E-state index contributed by atoms with van der Waals surface area (Å²) in [6.07, 6.45) is 1.31. The highest BCUT2D eigenvalue weighted by Gasteiger charge is 2.18. The summed E-state index contributed by atoms with van der Waals surface area (Å²) in [7, 11) is 1.65. The molecule has 1 fully saturated rings. The van der Waals surface area contributed by atoms with E-state index in [4.69, 9.17) is 9.47 Å². The smallest absolute Gasteiger partial charge is 0.135 e. The number of hydrogen-bond donors (Lipinski definition) is 1. The van der Waals surface area contributed by atoms with E-state index in [1.807, 2.05) is 12.1 Å². The summed E-state index contributed by atoms with van der Waals surface area (Å²) in [6, 6.07) is 3.84. The van der Waals surface area contributed by atoms with Crippen LogP contribution in [0.25, 0.3) is 0 Å². The summed E-state index contributed by atoms with van der Waals surface area (Å²) < 4.78 is 12.9. The first-order valence-corrected chi connectivity index (χ1v) is 6.69. The standard InChI is InChI=1S/C11H13Br2NO2/c1-15-10-4-9(13)11(5-8(10)12)16-7-2-3-14-6-7/h4-5,7,14H,2-3,6H2,1H3. The van der Waals surface area contributed by atoms with E-state index in [0.717, 1.165) is 40.0 Å². The zero-order valence-electron chi connectivity index (χ0n) is 8.93. The van der Waals surface area contributed by atoms with Crippen LogP contribution in [0, 0.1) is 0 Å². The van der Waals surface area contributed by atoms with Gasteiger partial charge in [0.15, 0.2) is 0 Å². The van der Waals surface area contributed by atoms with Crippen molar-refractivity contribution in [2.45, 2.75) is 12.5 Å². The van der Waals surface area contributed by atoms with Crippen LogP contribution < -0.4 is 14.8 Å². The number of rotatable bonds is 3. The fourth-order valence-corrected chi connectivity index (χ4v) is 2.57. The lowest BCUT2D eigenvalue weighted by molar-refractivity contribution is 0.221. The molecule has 1 aliphatic rings. The fourth-order valence-electron chi connectivity index (χ4n) is 1.67. The van der Waals surface area contributed by atoms with Crippen LogP contribution >= 0.6 is 31.9 Å². The molecule has 1 heterocycles. The maximum atomic E-state index is 5.89. The third kappa shape index (κ3) is 2.70. The zero-order chi connectivity index (χ0) is 11.5. The minimum absolute atomic E-state index is 0.261. The first-order chi connectivity index (χ1) is 7.70. The highest BCUT2D eigenvalue weighted by Crippen LogP contribution is 2.36. The lowest BCUT2D eigenvalue weighted by atomic mass is 10.3. The van der Waals surface area contributed by atoms with E-state index in [1.54, 1.807) is 7.11 Å². The Hall–Kier alpha value is -0.260. The maximum Gasteiger partial charge on any atom is 0.135 e. The molecule has 1 aliphatic heterocycles. The van der Waals surface area contributed by atoms with Gasteiger partial charge in [0, 0.05) is 6.54 Å². The molecule has 1 aromatic carbocycles. The summed E-state index contributed by atoms with van der Waals surface area (Å²) in [4.78, 5) is 0. The largest absolute Gasteiger partial charge is 0.496 e. The van der Waals surface area contributed by atoms with Crippen molar-refractivity contribution < 1.29 is 9.47 Å². The molecule has 0 spiro atoms. The molecule has 1 saturated heterocycles. The third-order valence-corrected chi connectivity index (χ3v) is 3.75. The van der Waals surface area contributed by atoms with Gasteiger partial charge in [0.05, 0.1) is 16.1 Å². The van der Waals surface area contributed by atoms with Gasteiger partial charge in [-0.15, -0.1) is 0 Å². The van der Waals surface area contributed by atoms with E-state index in [1.165, 1.54) is 0 Å². The quantitative estimate of drug-likeness (QED) is 0.909. The Morgan fingerprint density at radius 3 is 2.56 bits per heavy atom. The molecule has 0 saturated carbocycles. The minimum Gasteiger partial charge on any atom is -0.496 e. The van der Waals surface area contributed by atoms with Crippen molar-refractivity contribution in [1.82, 2.24) is 5.32 Å². The van der Waals surface area contributed by atoms with Crippen molar-refractivity contribution >= 4 is 31.9 Å². The molecule has 1 N–H and O–H groups in total. The Kier molecular flexibility index (Phi) is 4.10. The zero-order valence-corrected chi connectivity index (χ0v) is 12.1. The van der Waals surface area contributed by atoms with Gasteiger partial charge in [-0.1, -0.05) is 0 Å². The molecular formula is C11H13Br2NO2. The predicted molar refractivity (Wildman–Crippen MR) is 70.3 cm³/mol. The number of benzene rings is 1. The van der Waals surface area contributed by atoms with Gasteiger partial charge in [0.25, 0.3) is 0 Å². The van der Waals surface area contributed by atoms with E-state index in [-0.39, 0.29) is 6.10 Å². The van der Waals surface area contributed by atoms with Crippen LogP contribution in [-0.4, -0.2) is 26.3 Å². The van der Waals surface area contributed by atoms with E-state index in [9.17, 15) is 0 Å². The van der Waals surface area contributed by atoms with Crippen LogP contribution in [0.4, 0.5) is 0 Å². The molecular weight excluding hydrogens is 338 g/mol. The monoisotopic (exact) mass is 349 g/mol. The summed E-state index contributed by atoms with van der Waals surface area (Å²) >= 11 is 6.93. The molecule has 1 aromatic rings. The first-order valence-electron chi connectivity index (χ1n) is 5.11.